The van der Waals surface area contributed by atoms with Gasteiger partial charge >= 0.3 is 6.09 Å². The number of nitrogens with two attached hydrogens (primary N) is 1. The second-order valence-electron chi connectivity index (χ2n) is 7.27. The summed E-state index contributed by atoms with van der Waals surface area (Å²) >= 11 is 6.35. The summed E-state index contributed by atoms with van der Waals surface area (Å²) in [6.07, 6.45) is 1.20. The molecule has 2 rings (SSSR count). The minimum Gasteiger partial charge on any atom is -0.490 e. The number of hydrogen-bond donors (Lipinski definition) is 2. The third-order valence-electron chi connectivity index (χ3n) is 3.89. The van der Waals surface area contributed by atoms with Gasteiger partial charge in [-0.05, 0) is 43.5 Å². The van der Waals surface area contributed by atoms with Crippen LogP contribution in [0, 0.1) is 5.92 Å². The van der Waals surface area contributed by atoms with Gasteiger partial charge in [-0.15, -0.1) is 0 Å². The SMILES string of the molecule is CC(C)CC(C)(N)COc1ccc(-c2ccnc(N(C)C(=O)O)n2)cc1Cl. The highest BCUT2D eigenvalue weighted by molar-refractivity contribution is 6.32. The Hall–Kier alpha value is -2.38. The number of carboxylic acid groups (broad SMARTS) is 1. The summed E-state index contributed by atoms with van der Waals surface area (Å²) in [6.45, 7) is 6.54. The van der Waals surface area contributed by atoms with Crippen molar-refractivity contribution in [2.45, 2.75) is 32.7 Å². The van der Waals surface area contributed by atoms with Gasteiger partial charge in [-0.25, -0.2) is 19.7 Å². The molecule has 8 heteroatoms. The average Bonchev–Trinajstić information content (AvgIpc) is 2.59. The van der Waals surface area contributed by atoms with Crippen LogP contribution in [0.3, 0.4) is 0 Å². The Morgan fingerprint density at radius 3 is 2.70 bits per heavy atom. The van der Waals surface area contributed by atoms with Crippen LogP contribution >= 0.6 is 11.6 Å². The molecule has 0 saturated heterocycles. The van der Waals surface area contributed by atoms with E-state index >= 15 is 0 Å². The zero-order valence-corrected chi connectivity index (χ0v) is 16.7. The van der Waals surface area contributed by atoms with Gasteiger partial charge in [0.1, 0.15) is 12.4 Å². The minimum atomic E-state index is -1.14. The summed E-state index contributed by atoms with van der Waals surface area (Å²) in [5, 5.41) is 9.48. The molecule has 146 valence electrons. The molecule has 2 aromatic rings. The smallest absolute Gasteiger partial charge is 0.413 e. The molecule has 0 aliphatic rings. The molecule has 1 aromatic carbocycles. The van der Waals surface area contributed by atoms with Crippen molar-refractivity contribution < 1.29 is 14.6 Å². The predicted molar refractivity (Wildman–Crippen MR) is 106 cm³/mol. The molecule has 3 N–H and O–H groups in total. The lowest BCUT2D eigenvalue weighted by atomic mass is 9.93. The molecule has 0 radical (unpaired) electrons. The molecule has 7 nitrogen and oxygen atoms in total. The number of hydrogen-bond acceptors (Lipinski definition) is 5. The third-order valence-corrected chi connectivity index (χ3v) is 4.18. The number of rotatable bonds is 7. The maximum Gasteiger partial charge on any atom is 0.413 e. The topological polar surface area (TPSA) is 102 Å². The Labute approximate surface area is 164 Å². The van der Waals surface area contributed by atoms with Gasteiger partial charge in [0.05, 0.1) is 10.7 Å². The molecule has 0 spiro atoms. The number of halogens is 1. The quantitative estimate of drug-likeness (QED) is 0.736. The van der Waals surface area contributed by atoms with Crippen molar-refractivity contribution in [2.75, 3.05) is 18.6 Å². The molecule has 0 aliphatic heterocycles. The van der Waals surface area contributed by atoms with E-state index in [1.54, 1.807) is 18.2 Å². The first-order chi connectivity index (χ1) is 12.6. The molecule has 0 fully saturated rings. The van der Waals surface area contributed by atoms with Gasteiger partial charge in [0.2, 0.25) is 5.95 Å². The molecule has 1 heterocycles. The highest BCUT2D eigenvalue weighted by Gasteiger charge is 2.21. The molecular formula is C19H25ClN4O3. The number of aromatic nitrogens is 2. The Bertz CT molecular complexity index is 811. The van der Waals surface area contributed by atoms with Crippen LogP contribution in [0.5, 0.6) is 5.75 Å². The van der Waals surface area contributed by atoms with Gasteiger partial charge in [-0.2, -0.15) is 0 Å². The van der Waals surface area contributed by atoms with Gasteiger partial charge < -0.3 is 15.6 Å². The second-order valence-corrected chi connectivity index (χ2v) is 7.68. The van der Waals surface area contributed by atoms with E-state index in [-0.39, 0.29) is 5.95 Å². The first-order valence-electron chi connectivity index (χ1n) is 8.60. The van der Waals surface area contributed by atoms with Crippen molar-refractivity contribution in [1.82, 2.24) is 9.97 Å². The first kappa shape index (κ1) is 20.9. The Kier molecular flexibility index (Phi) is 6.62. The summed E-state index contributed by atoms with van der Waals surface area (Å²) in [4.78, 5) is 20.2. The fourth-order valence-electron chi connectivity index (χ4n) is 2.77. The van der Waals surface area contributed by atoms with E-state index in [2.05, 4.69) is 23.8 Å². The lowest BCUT2D eigenvalue weighted by Crippen LogP contribution is -2.43. The standard InChI is InChI=1S/C19H25ClN4O3/c1-12(2)10-19(3,21)11-27-16-6-5-13(9-14(16)20)15-7-8-22-17(23-15)24(4)18(25)26/h5-9,12H,10-11,21H2,1-4H3,(H,25,26). The molecule has 1 amide bonds. The van der Waals surface area contributed by atoms with Crippen molar-refractivity contribution >= 4 is 23.6 Å². The average molecular weight is 393 g/mol. The van der Waals surface area contributed by atoms with Crippen LogP contribution in [-0.2, 0) is 0 Å². The fourth-order valence-corrected chi connectivity index (χ4v) is 3.00. The van der Waals surface area contributed by atoms with E-state index in [1.807, 2.05) is 13.0 Å². The molecule has 1 aromatic heterocycles. The van der Waals surface area contributed by atoms with E-state index in [9.17, 15) is 4.79 Å². The molecule has 27 heavy (non-hydrogen) atoms. The Balaban J connectivity index is 2.17. The molecule has 1 atom stereocenters. The van der Waals surface area contributed by atoms with Crippen LogP contribution < -0.4 is 15.4 Å². The number of benzene rings is 1. The van der Waals surface area contributed by atoms with Crippen molar-refractivity contribution in [2.24, 2.45) is 11.7 Å². The zero-order valence-electron chi connectivity index (χ0n) is 15.9. The molecule has 0 aliphatic carbocycles. The van der Waals surface area contributed by atoms with E-state index in [0.717, 1.165) is 16.9 Å². The minimum absolute atomic E-state index is 0.0871. The molecule has 0 bridgehead atoms. The van der Waals surface area contributed by atoms with Crippen LogP contribution in [0.1, 0.15) is 27.2 Å². The number of anilines is 1. The predicted octanol–water partition coefficient (Wildman–Crippen LogP) is 4.05. The number of carbonyl (C=O) groups is 1. The summed E-state index contributed by atoms with van der Waals surface area (Å²) in [5.74, 6) is 1.10. The van der Waals surface area contributed by atoms with Crippen LogP contribution in [0.15, 0.2) is 30.5 Å². The van der Waals surface area contributed by atoms with Crippen LogP contribution in [0.2, 0.25) is 5.02 Å². The fraction of sp³-hybridized carbons (Fsp3) is 0.421. The van der Waals surface area contributed by atoms with Gasteiger partial charge in [0, 0.05) is 24.3 Å². The molecular weight excluding hydrogens is 368 g/mol. The summed E-state index contributed by atoms with van der Waals surface area (Å²) in [7, 11) is 1.38. The van der Waals surface area contributed by atoms with Crippen molar-refractivity contribution in [3.63, 3.8) is 0 Å². The van der Waals surface area contributed by atoms with Gasteiger partial charge in [0.25, 0.3) is 0 Å². The lowest BCUT2D eigenvalue weighted by Gasteiger charge is -2.26. The Morgan fingerprint density at radius 1 is 1.41 bits per heavy atom. The summed E-state index contributed by atoms with van der Waals surface area (Å²) in [6, 6.07) is 6.97. The third kappa shape index (κ3) is 5.80. The van der Waals surface area contributed by atoms with Gasteiger partial charge in [-0.1, -0.05) is 25.4 Å². The maximum atomic E-state index is 11.1. The highest BCUT2D eigenvalue weighted by atomic mass is 35.5. The maximum absolute atomic E-state index is 11.1. The normalized spacial score (nSPS) is 13.3. The van der Waals surface area contributed by atoms with Crippen molar-refractivity contribution in [3.05, 3.63) is 35.5 Å². The first-order valence-corrected chi connectivity index (χ1v) is 8.98. The van der Waals surface area contributed by atoms with Crippen LogP contribution in [0.4, 0.5) is 10.7 Å². The van der Waals surface area contributed by atoms with Crippen molar-refractivity contribution in [3.8, 4) is 17.0 Å². The summed E-state index contributed by atoms with van der Waals surface area (Å²) < 4.78 is 5.81. The van der Waals surface area contributed by atoms with E-state index in [1.165, 1.54) is 13.2 Å². The molecule has 0 saturated carbocycles. The second kappa shape index (κ2) is 8.54. The van der Waals surface area contributed by atoms with Crippen molar-refractivity contribution in [1.29, 1.82) is 0 Å². The largest absolute Gasteiger partial charge is 0.490 e. The lowest BCUT2D eigenvalue weighted by molar-refractivity contribution is 0.203. The van der Waals surface area contributed by atoms with E-state index in [0.29, 0.717) is 29.0 Å². The summed E-state index contributed by atoms with van der Waals surface area (Å²) in [5.41, 5.74) is 7.11. The number of amides is 1. The van der Waals surface area contributed by atoms with E-state index < -0.39 is 11.6 Å². The number of ether oxygens (including phenoxy) is 1. The van der Waals surface area contributed by atoms with Gasteiger partial charge in [0.15, 0.2) is 0 Å². The zero-order chi connectivity index (χ0) is 20.2. The van der Waals surface area contributed by atoms with Crippen LogP contribution in [0.25, 0.3) is 11.3 Å². The van der Waals surface area contributed by atoms with Gasteiger partial charge in [-0.3, -0.25) is 0 Å². The Morgan fingerprint density at radius 2 is 2.11 bits per heavy atom. The monoisotopic (exact) mass is 392 g/mol. The van der Waals surface area contributed by atoms with Crippen LogP contribution in [-0.4, -0.2) is 40.4 Å². The molecule has 1 unspecified atom stereocenters. The van der Waals surface area contributed by atoms with E-state index in [4.69, 9.17) is 27.2 Å². The number of nitrogens with zero attached hydrogens (tertiary/aromatic N) is 3. The highest BCUT2D eigenvalue weighted by Crippen LogP contribution is 2.31.